The van der Waals surface area contributed by atoms with Gasteiger partial charge < -0.3 is 15.4 Å². The largest absolute Gasteiger partial charge is 0.496 e. The minimum atomic E-state index is -0.0374. The molecule has 0 radical (unpaired) electrons. The molecule has 0 bridgehead atoms. The molecule has 1 saturated heterocycles. The first-order valence-electron chi connectivity index (χ1n) is 6.85. The van der Waals surface area contributed by atoms with Crippen molar-refractivity contribution in [1.29, 1.82) is 0 Å². The number of piperidine rings is 1. The first-order valence-corrected chi connectivity index (χ1v) is 6.85. The van der Waals surface area contributed by atoms with Crippen molar-refractivity contribution in [2.45, 2.75) is 38.8 Å². The van der Waals surface area contributed by atoms with Gasteiger partial charge in [-0.3, -0.25) is 4.79 Å². The fraction of sp³-hybridized carbons (Fsp3) is 0.533. The number of rotatable bonds is 4. The van der Waals surface area contributed by atoms with E-state index in [0.29, 0.717) is 6.54 Å². The van der Waals surface area contributed by atoms with Gasteiger partial charge in [0.1, 0.15) is 5.75 Å². The number of methoxy groups -OCH3 is 1. The number of amides is 1. The Bertz CT molecular complexity index is 440. The van der Waals surface area contributed by atoms with Crippen LogP contribution in [0.1, 0.15) is 30.4 Å². The Balaban J connectivity index is 1.94. The van der Waals surface area contributed by atoms with Crippen molar-refractivity contribution in [3.8, 4) is 5.75 Å². The van der Waals surface area contributed by atoms with Crippen LogP contribution in [0.3, 0.4) is 0 Å². The van der Waals surface area contributed by atoms with Crippen LogP contribution in [0.5, 0.6) is 5.75 Å². The molecule has 4 heteroatoms. The molecule has 4 nitrogen and oxygen atoms in total. The van der Waals surface area contributed by atoms with E-state index in [4.69, 9.17) is 4.74 Å². The molecule has 1 aromatic rings. The lowest BCUT2D eigenvalue weighted by atomic mass is 10.0. The van der Waals surface area contributed by atoms with Crippen LogP contribution >= 0.6 is 0 Å². The average molecular weight is 262 g/mol. The first kappa shape index (κ1) is 13.9. The highest BCUT2D eigenvalue weighted by Gasteiger charge is 2.20. The molecule has 1 aliphatic heterocycles. The van der Waals surface area contributed by atoms with Gasteiger partial charge >= 0.3 is 0 Å². The number of nitrogens with one attached hydrogen (secondary N) is 2. The summed E-state index contributed by atoms with van der Waals surface area (Å²) in [6.07, 6.45) is 3.21. The van der Waals surface area contributed by atoms with Gasteiger partial charge in [0, 0.05) is 12.1 Å². The number of benzene rings is 1. The SMILES string of the molecule is COc1ccc(C)cc1CNC(=O)C1CCCCN1. The standard InChI is InChI=1S/C15H22N2O2/c1-11-6-7-14(19-2)12(9-11)10-17-15(18)13-5-3-4-8-16-13/h6-7,9,13,16H,3-5,8,10H2,1-2H3,(H,17,18). The molecule has 0 saturated carbocycles. The molecule has 1 fully saturated rings. The summed E-state index contributed by atoms with van der Waals surface area (Å²) in [5, 5.41) is 6.24. The fourth-order valence-electron chi connectivity index (χ4n) is 2.43. The third kappa shape index (κ3) is 3.70. The van der Waals surface area contributed by atoms with E-state index in [-0.39, 0.29) is 11.9 Å². The summed E-state index contributed by atoms with van der Waals surface area (Å²) in [6.45, 7) is 3.49. The van der Waals surface area contributed by atoms with Gasteiger partial charge in [-0.15, -0.1) is 0 Å². The Hall–Kier alpha value is -1.55. The summed E-state index contributed by atoms with van der Waals surface area (Å²) in [7, 11) is 1.65. The van der Waals surface area contributed by atoms with E-state index in [0.717, 1.165) is 37.1 Å². The summed E-state index contributed by atoms with van der Waals surface area (Å²) < 4.78 is 5.31. The fourth-order valence-corrected chi connectivity index (χ4v) is 2.43. The first-order chi connectivity index (χ1) is 9.20. The van der Waals surface area contributed by atoms with Gasteiger partial charge in [-0.05, 0) is 32.4 Å². The lowest BCUT2D eigenvalue weighted by Crippen LogP contribution is -2.46. The monoisotopic (exact) mass is 262 g/mol. The van der Waals surface area contributed by atoms with Gasteiger partial charge in [0.2, 0.25) is 5.91 Å². The Kier molecular flexibility index (Phi) is 4.80. The smallest absolute Gasteiger partial charge is 0.237 e. The van der Waals surface area contributed by atoms with Crippen LogP contribution in [0, 0.1) is 6.92 Å². The highest BCUT2D eigenvalue weighted by Crippen LogP contribution is 2.19. The van der Waals surface area contributed by atoms with E-state index in [1.807, 2.05) is 25.1 Å². The van der Waals surface area contributed by atoms with E-state index in [9.17, 15) is 4.79 Å². The van der Waals surface area contributed by atoms with Crippen LogP contribution < -0.4 is 15.4 Å². The second kappa shape index (κ2) is 6.57. The number of aryl methyl sites for hydroxylation is 1. The van der Waals surface area contributed by atoms with Crippen LogP contribution in [0.4, 0.5) is 0 Å². The average Bonchev–Trinajstić information content (AvgIpc) is 2.46. The molecule has 1 aliphatic rings. The van der Waals surface area contributed by atoms with Gasteiger partial charge in [0.05, 0.1) is 13.2 Å². The van der Waals surface area contributed by atoms with Gasteiger partial charge in [0.25, 0.3) is 0 Å². The van der Waals surface area contributed by atoms with Gasteiger partial charge in [-0.1, -0.05) is 24.1 Å². The maximum Gasteiger partial charge on any atom is 0.237 e. The third-order valence-corrected chi connectivity index (χ3v) is 3.52. The molecule has 1 unspecified atom stereocenters. The normalized spacial score (nSPS) is 18.9. The third-order valence-electron chi connectivity index (χ3n) is 3.52. The maximum atomic E-state index is 12.0. The second-order valence-electron chi connectivity index (χ2n) is 5.04. The van der Waals surface area contributed by atoms with E-state index >= 15 is 0 Å². The van der Waals surface area contributed by atoms with Crippen LogP contribution in [0.2, 0.25) is 0 Å². The summed E-state index contributed by atoms with van der Waals surface area (Å²) in [5.41, 5.74) is 2.19. The topological polar surface area (TPSA) is 50.4 Å². The van der Waals surface area contributed by atoms with Gasteiger partial charge in [-0.25, -0.2) is 0 Å². The number of hydrogen-bond acceptors (Lipinski definition) is 3. The van der Waals surface area contributed by atoms with Crippen LogP contribution in [0.25, 0.3) is 0 Å². The Labute approximate surface area is 114 Å². The lowest BCUT2D eigenvalue weighted by molar-refractivity contribution is -0.123. The molecular formula is C15H22N2O2. The number of hydrogen-bond donors (Lipinski definition) is 2. The van der Waals surface area contributed by atoms with E-state index < -0.39 is 0 Å². The quantitative estimate of drug-likeness (QED) is 0.869. The predicted molar refractivity (Wildman–Crippen MR) is 75.2 cm³/mol. The minimum Gasteiger partial charge on any atom is -0.496 e. The summed E-state index contributed by atoms with van der Waals surface area (Å²) in [5.74, 6) is 0.908. The highest BCUT2D eigenvalue weighted by atomic mass is 16.5. The summed E-state index contributed by atoms with van der Waals surface area (Å²) >= 11 is 0. The zero-order chi connectivity index (χ0) is 13.7. The van der Waals surface area contributed by atoms with Crippen molar-refractivity contribution in [2.75, 3.05) is 13.7 Å². The maximum absolute atomic E-state index is 12.0. The molecule has 0 spiro atoms. The van der Waals surface area contributed by atoms with E-state index in [2.05, 4.69) is 10.6 Å². The van der Waals surface area contributed by atoms with Crippen molar-refractivity contribution in [3.05, 3.63) is 29.3 Å². The molecule has 19 heavy (non-hydrogen) atoms. The van der Waals surface area contributed by atoms with E-state index in [1.54, 1.807) is 7.11 Å². The molecule has 0 aliphatic carbocycles. The zero-order valence-electron chi connectivity index (χ0n) is 11.7. The predicted octanol–water partition coefficient (Wildman–Crippen LogP) is 1.76. The molecular weight excluding hydrogens is 240 g/mol. The van der Waals surface area contributed by atoms with Crippen LogP contribution in [-0.2, 0) is 11.3 Å². The minimum absolute atomic E-state index is 0.0374. The Morgan fingerprint density at radius 2 is 2.32 bits per heavy atom. The molecule has 2 N–H and O–H groups in total. The van der Waals surface area contributed by atoms with Crippen molar-refractivity contribution < 1.29 is 9.53 Å². The van der Waals surface area contributed by atoms with Crippen molar-refractivity contribution in [1.82, 2.24) is 10.6 Å². The van der Waals surface area contributed by atoms with E-state index in [1.165, 1.54) is 5.56 Å². The second-order valence-corrected chi connectivity index (χ2v) is 5.04. The molecule has 1 atom stereocenters. The molecule has 2 rings (SSSR count). The highest BCUT2D eigenvalue weighted by molar-refractivity contribution is 5.81. The van der Waals surface area contributed by atoms with Crippen LogP contribution in [0.15, 0.2) is 18.2 Å². The molecule has 0 aromatic heterocycles. The van der Waals surface area contributed by atoms with Crippen molar-refractivity contribution in [2.24, 2.45) is 0 Å². The molecule has 104 valence electrons. The molecule has 1 heterocycles. The van der Waals surface area contributed by atoms with Gasteiger partial charge in [-0.2, -0.15) is 0 Å². The van der Waals surface area contributed by atoms with Gasteiger partial charge in [0.15, 0.2) is 0 Å². The number of carbonyl (C=O) groups is 1. The Morgan fingerprint density at radius 1 is 1.47 bits per heavy atom. The number of carbonyl (C=O) groups excluding carboxylic acids is 1. The summed E-state index contributed by atoms with van der Waals surface area (Å²) in [4.78, 5) is 12.0. The Morgan fingerprint density at radius 3 is 3.00 bits per heavy atom. The zero-order valence-corrected chi connectivity index (χ0v) is 11.7. The summed E-state index contributed by atoms with van der Waals surface area (Å²) in [6, 6.07) is 5.96. The lowest BCUT2D eigenvalue weighted by Gasteiger charge is -2.22. The molecule has 1 aromatic carbocycles. The van der Waals surface area contributed by atoms with Crippen LogP contribution in [-0.4, -0.2) is 25.6 Å². The number of ether oxygens (including phenoxy) is 1. The van der Waals surface area contributed by atoms with Crippen molar-refractivity contribution >= 4 is 5.91 Å². The van der Waals surface area contributed by atoms with Crippen molar-refractivity contribution in [3.63, 3.8) is 0 Å². The molecule has 1 amide bonds.